The van der Waals surface area contributed by atoms with Gasteiger partial charge < -0.3 is 18.6 Å². The van der Waals surface area contributed by atoms with Crippen molar-refractivity contribution in [2.45, 2.75) is 20.0 Å². The van der Waals surface area contributed by atoms with Gasteiger partial charge in [0.25, 0.3) is 0 Å². The maximum atomic E-state index is 13.1. The van der Waals surface area contributed by atoms with Gasteiger partial charge in [0.15, 0.2) is 0 Å². The lowest BCUT2D eigenvalue weighted by Crippen LogP contribution is -2.31. The summed E-state index contributed by atoms with van der Waals surface area (Å²) in [6, 6.07) is 14.0. The molecule has 7 nitrogen and oxygen atoms in total. The molecule has 8 heteroatoms. The summed E-state index contributed by atoms with van der Waals surface area (Å²) >= 11 is 1.70. The summed E-state index contributed by atoms with van der Waals surface area (Å²) in [6.45, 7) is 3.90. The Morgan fingerprint density at radius 2 is 2.00 bits per heavy atom. The van der Waals surface area contributed by atoms with Gasteiger partial charge >= 0.3 is 5.97 Å². The molecule has 0 atom stereocenters. The van der Waals surface area contributed by atoms with Crippen molar-refractivity contribution >= 4 is 28.3 Å². The SMILES string of the molecule is CCOC(=O)c1ccc(Oc2coc3c4c(ccc3c2=O)OCN(Cc2cccs2)C4)cc1. The highest BCUT2D eigenvalue weighted by molar-refractivity contribution is 7.09. The summed E-state index contributed by atoms with van der Waals surface area (Å²) in [5, 5.41) is 2.48. The summed E-state index contributed by atoms with van der Waals surface area (Å²) in [4.78, 5) is 28.3. The number of thiophene rings is 1. The van der Waals surface area contributed by atoms with Crippen LogP contribution in [0.2, 0.25) is 0 Å². The molecule has 5 rings (SSSR count). The van der Waals surface area contributed by atoms with E-state index < -0.39 is 5.97 Å². The van der Waals surface area contributed by atoms with E-state index in [2.05, 4.69) is 16.3 Å². The number of carbonyl (C=O) groups excluding carboxylic acids is 1. The molecule has 4 aromatic rings. The average molecular weight is 464 g/mol. The number of esters is 1. The van der Waals surface area contributed by atoms with E-state index in [0.717, 1.165) is 17.9 Å². The molecule has 33 heavy (non-hydrogen) atoms. The Morgan fingerprint density at radius 1 is 1.15 bits per heavy atom. The molecule has 0 spiro atoms. The largest absolute Gasteiger partial charge is 0.478 e. The molecule has 0 bridgehead atoms. The van der Waals surface area contributed by atoms with Crippen LogP contribution in [-0.4, -0.2) is 24.2 Å². The van der Waals surface area contributed by atoms with Gasteiger partial charge in [0, 0.05) is 18.0 Å². The molecule has 0 radical (unpaired) electrons. The Hall–Kier alpha value is -3.62. The second-order valence-electron chi connectivity index (χ2n) is 7.53. The van der Waals surface area contributed by atoms with Gasteiger partial charge in [-0.3, -0.25) is 9.69 Å². The highest BCUT2D eigenvalue weighted by atomic mass is 32.1. The smallest absolute Gasteiger partial charge is 0.338 e. The number of carbonyl (C=O) groups is 1. The molecule has 0 unspecified atom stereocenters. The van der Waals surface area contributed by atoms with Gasteiger partial charge in [0.2, 0.25) is 11.2 Å². The lowest BCUT2D eigenvalue weighted by molar-refractivity contribution is 0.0526. The zero-order chi connectivity index (χ0) is 22.8. The highest BCUT2D eigenvalue weighted by Crippen LogP contribution is 2.33. The Labute approximate surface area is 193 Å². The third-order valence-corrected chi connectivity index (χ3v) is 6.17. The second-order valence-corrected chi connectivity index (χ2v) is 8.57. The van der Waals surface area contributed by atoms with Crippen molar-refractivity contribution in [2.75, 3.05) is 13.3 Å². The van der Waals surface area contributed by atoms with E-state index in [0.29, 0.717) is 42.2 Å². The monoisotopic (exact) mass is 463 g/mol. The first-order chi connectivity index (χ1) is 16.1. The topological polar surface area (TPSA) is 78.2 Å². The number of hydrogen-bond acceptors (Lipinski definition) is 8. The van der Waals surface area contributed by atoms with E-state index in [1.165, 1.54) is 11.1 Å². The molecular formula is C25H21NO6S. The van der Waals surface area contributed by atoms with Crippen LogP contribution in [0.25, 0.3) is 11.0 Å². The normalized spacial score (nSPS) is 13.4. The Balaban J connectivity index is 1.40. The summed E-state index contributed by atoms with van der Waals surface area (Å²) in [5.41, 5.74) is 1.48. The predicted octanol–water partition coefficient (Wildman–Crippen LogP) is 5.18. The number of fused-ring (bicyclic) bond motifs is 3. The first-order valence-electron chi connectivity index (χ1n) is 10.5. The summed E-state index contributed by atoms with van der Waals surface area (Å²) in [6.07, 6.45) is 1.32. The van der Waals surface area contributed by atoms with Crippen molar-refractivity contribution in [3.63, 3.8) is 0 Å². The Kier molecular flexibility index (Phi) is 5.85. The van der Waals surface area contributed by atoms with Gasteiger partial charge in [0.1, 0.15) is 30.1 Å². The molecule has 0 saturated heterocycles. The summed E-state index contributed by atoms with van der Waals surface area (Å²) < 4.78 is 22.5. The quantitative estimate of drug-likeness (QED) is 0.365. The van der Waals surface area contributed by atoms with Gasteiger partial charge in [0.05, 0.1) is 23.1 Å². The number of rotatable bonds is 6. The van der Waals surface area contributed by atoms with Crippen LogP contribution in [0.5, 0.6) is 17.2 Å². The van der Waals surface area contributed by atoms with E-state index in [1.807, 2.05) is 6.07 Å². The molecule has 168 valence electrons. The Bertz CT molecular complexity index is 1340. The standard InChI is InChI=1S/C25H21NO6S/c1-2-29-25(28)16-5-7-17(8-6-16)32-22-14-30-24-19(23(22)27)9-10-21-20(24)13-26(15-31-21)12-18-4-3-11-33-18/h3-11,14H,2,12-13,15H2,1H3. The van der Waals surface area contributed by atoms with Gasteiger partial charge in [-0.15, -0.1) is 11.3 Å². The van der Waals surface area contributed by atoms with E-state index >= 15 is 0 Å². The van der Waals surface area contributed by atoms with Crippen LogP contribution in [0.15, 0.2) is 69.4 Å². The molecule has 3 heterocycles. The molecule has 0 amide bonds. The number of hydrogen-bond donors (Lipinski definition) is 0. The number of nitrogens with zero attached hydrogens (tertiary/aromatic N) is 1. The van der Waals surface area contributed by atoms with Crippen LogP contribution in [0.1, 0.15) is 27.7 Å². The van der Waals surface area contributed by atoms with Crippen molar-refractivity contribution in [1.82, 2.24) is 4.90 Å². The van der Waals surface area contributed by atoms with Crippen LogP contribution >= 0.6 is 11.3 Å². The molecule has 0 fully saturated rings. The zero-order valence-corrected chi connectivity index (χ0v) is 18.7. The van der Waals surface area contributed by atoms with E-state index in [1.54, 1.807) is 54.7 Å². The third kappa shape index (κ3) is 4.35. The van der Waals surface area contributed by atoms with Crippen LogP contribution in [0.4, 0.5) is 0 Å². The molecule has 0 saturated carbocycles. The molecule has 1 aliphatic heterocycles. The lowest BCUT2D eigenvalue weighted by Gasteiger charge is -2.28. The highest BCUT2D eigenvalue weighted by Gasteiger charge is 2.23. The maximum absolute atomic E-state index is 13.1. The molecule has 2 aromatic carbocycles. The minimum Gasteiger partial charge on any atom is -0.478 e. The average Bonchev–Trinajstić information content (AvgIpc) is 3.34. The molecule has 0 N–H and O–H groups in total. The molecule has 0 aliphatic carbocycles. The van der Waals surface area contributed by atoms with Gasteiger partial charge in [-0.1, -0.05) is 6.07 Å². The lowest BCUT2D eigenvalue weighted by atomic mass is 10.1. The van der Waals surface area contributed by atoms with E-state index in [-0.39, 0.29) is 11.2 Å². The van der Waals surface area contributed by atoms with Gasteiger partial charge in [-0.2, -0.15) is 0 Å². The van der Waals surface area contributed by atoms with Gasteiger partial charge in [-0.05, 0) is 54.8 Å². The first-order valence-corrected chi connectivity index (χ1v) is 11.4. The maximum Gasteiger partial charge on any atom is 0.338 e. The van der Waals surface area contributed by atoms with Crippen molar-refractivity contribution in [3.8, 4) is 17.2 Å². The van der Waals surface area contributed by atoms with Crippen molar-refractivity contribution in [3.05, 3.63) is 86.4 Å². The van der Waals surface area contributed by atoms with Crippen molar-refractivity contribution < 1.29 is 23.4 Å². The molecule has 1 aliphatic rings. The second kappa shape index (κ2) is 9.09. The Morgan fingerprint density at radius 3 is 2.76 bits per heavy atom. The fraction of sp³-hybridized carbons (Fsp3) is 0.200. The molecule has 2 aromatic heterocycles. The van der Waals surface area contributed by atoms with E-state index in [9.17, 15) is 9.59 Å². The van der Waals surface area contributed by atoms with Gasteiger partial charge in [-0.25, -0.2) is 4.79 Å². The zero-order valence-electron chi connectivity index (χ0n) is 17.9. The fourth-order valence-corrected chi connectivity index (χ4v) is 4.48. The van der Waals surface area contributed by atoms with Crippen LogP contribution < -0.4 is 14.9 Å². The first kappa shape index (κ1) is 21.2. The van der Waals surface area contributed by atoms with Crippen LogP contribution in [0.3, 0.4) is 0 Å². The fourth-order valence-electron chi connectivity index (χ4n) is 3.73. The predicted molar refractivity (Wildman–Crippen MR) is 124 cm³/mol. The third-order valence-electron chi connectivity index (χ3n) is 5.31. The summed E-state index contributed by atoms with van der Waals surface area (Å²) in [5.74, 6) is 0.794. The van der Waals surface area contributed by atoms with Crippen LogP contribution in [-0.2, 0) is 17.8 Å². The van der Waals surface area contributed by atoms with Crippen molar-refractivity contribution in [1.29, 1.82) is 0 Å². The van der Waals surface area contributed by atoms with E-state index in [4.69, 9.17) is 18.6 Å². The van der Waals surface area contributed by atoms with Crippen molar-refractivity contribution in [2.24, 2.45) is 0 Å². The summed E-state index contributed by atoms with van der Waals surface area (Å²) in [7, 11) is 0. The number of benzene rings is 2. The number of ether oxygens (including phenoxy) is 3. The minimum absolute atomic E-state index is 0.0681. The van der Waals surface area contributed by atoms with Crippen LogP contribution in [0, 0.1) is 0 Å². The molecular weight excluding hydrogens is 442 g/mol. The minimum atomic E-state index is -0.408.